The van der Waals surface area contributed by atoms with Gasteiger partial charge in [-0.3, -0.25) is 4.79 Å². The van der Waals surface area contributed by atoms with Crippen LogP contribution in [0.1, 0.15) is 30.9 Å². The molecular weight excluding hydrogens is 216 g/mol. The first-order chi connectivity index (χ1) is 7.89. The van der Waals surface area contributed by atoms with Gasteiger partial charge in [-0.25, -0.2) is 0 Å². The molecule has 0 spiro atoms. The van der Waals surface area contributed by atoms with Crippen molar-refractivity contribution in [2.45, 2.75) is 26.7 Å². The SMILES string of the molecule is COc1cc(C)ccc1[C@H]1[C@H](C(=O)O)C1(C)C. The van der Waals surface area contributed by atoms with E-state index in [1.165, 1.54) is 0 Å². The molecule has 1 saturated carbocycles. The molecule has 1 fully saturated rings. The van der Waals surface area contributed by atoms with Gasteiger partial charge in [0.1, 0.15) is 5.75 Å². The summed E-state index contributed by atoms with van der Waals surface area (Å²) in [6, 6.07) is 5.96. The summed E-state index contributed by atoms with van der Waals surface area (Å²) in [5, 5.41) is 9.20. The minimum Gasteiger partial charge on any atom is -0.496 e. The maximum atomic E-state index is 11.2. The van der Waals surface area contributed by atoms with Gasteiger partial charge in [0.25, 0.3) is 0 Å². The van der Waals surface area contributed by atoms with E-state index in [9.17, 15) is 9.90 Å². The Morgan fingerprint density at radius 2 is 2.06 bits per heavy atom. The minimum atomic E-state index is -0.720. The maximum absolute atomic E-state index is 11.2. The number of rotatable bonds is 3. The van der Waals surface area contributed by atoms with E-state index in [4.69, 9.17) is 4.74 Å². The lowest BCUT2D eigenvalue weighted by Crippen LogP contribution is -2.03. The highest BCUT2D eigenvalue weighted by Gasteiger charge is 2.63. The lowest BCUT2D eigenvalue weighted by molar-refractivity contribution is -0.139. The second kappa shape index (κ2) is 3.76. The van der Waals surface area contributed by atoms with Crippen LogP contribution in [0.25, 0.3) is 0 Å². The van der Waals surface area contributed by atoms with E-state index in [1.807, 2.05) is 39.0 Å². The predicted octanol–water partition coefficient (Wildman–Crippen LogP) is 2.83. The molecule has 2 rings (SSSR count). The number of methoxy groups -OCH3 is 1. The first-order valence-electron chi connectivity index (χ1n) is 5.77. The summed E-state index contributed by atoms with van der Waals surface area (Å²) in [5.74, 6) is -0.177. The van der Waals surface area contributed by atoms with Gasteiger partial charge >= 0.3 is 5.97 Å². The summed E-state index contributed by atoms with van der Waals surface area (Å²) in [5.41, 5.74) is 1.94. The van der Waals surface area contributed by atoms with Crippen molar-refractivity contribution in [2.24, 2.45) is 11.3 Å². The summed E-state index contributed by atoms with van der Waals surface area (Å²) in [4.78, 5) is 11.2. The number of aliphatic carboxylic acids is 1. The Balaban J connectivity index is 2.40. The van der Waals surface area contributed by atoms with Crippen molar-refractivity contribution in [3.05, 3.63) is 29.3 Å². The number of ether oxygens (including phenoxy) is 1. The zero-order valence-electron chi connectivity index (χ0n) is 10.7. The largest absolute Gasteiger partial charge is 0.496 e. The van der Waals surface area contributed by atoms with Crippen molar-refractivity contribution in [1.82, 2.24) is 0 Å². The van der Waals surface area contributed by atoms with E-state index in [-0.39, 0.29) is 17.3 Å². The van der Waals surface area contributed by atoms with E-state index in [2.05, 4.69) is 0 Å². The van der Waals surface area contributed by atoms with Crippen LogP contribution in [0.4, 0.5) is 0 Å². The summed E-state index contributed by atoms with van der Waals surface area (Å²) >= 11 is 0. The van der Waals surface area contributed by atoms with E-state index < -0.39 is 5.97 Å². The van der Waals surface area contributed by atoms with E-state index in [1.54, 1.807) is 7.11 Å². The molecule has 1 aliphatic carbocycles. The Hall–Kier alpha value is -1.51. The molecule has 1 aliphatic rings. The molecular formula is C14H18O3. The van der Waals surface area contributed by atoms with Gasteiger partial charge in [-0.1, -0.05) is 26.0 Å². The van der Waals surface area contributed by atoms with Gasteiger partial charge in [-0.15, -0.1) is 0 Å². The Morgan fingerprint density at radius 3 is 2.53 bits per heavy atom. The van der Waals surface area contributed by atoms with Gasteiger partial charge in [0.05, 0.1) is 13.0 Å². The topological polar surface area (TPSA) is 46.5 Å². The Morgan fingerprint density at radius 1 is 1.41 bits per heavy atom. The molecule has 1 aromatic carbocycles. The third-order valence-electron chi connectivity index (χ3n) is 3.82. The predicted molar refractivity (Wildman–Crippen MR) is 65.4 cm³/mol. The van der Waals surface area contributed by atoms with E-state index in [0.717, 1.165) is 16.9 Å². The van der Waals surface area contributed by atoms with Crippen LogP contribution < -0.4 is 4.74 Å². The van der Waals surface area contributed by atoms with E-state index >= 15 is 0 Å². The highest BCUT2D eigenvalue weighted by molar-refractivity contribution is 5.78. The molecule has 17 heavy (non-hydrogen) atoms. The molecule has 92 valence electrons. The van der Waals surface area contributed by atoms with Crippen LogP contribution >= 0.6 is 0 Å². The van der Waals surface area contributed by atoms with Crippen LogP contribution in [0.15, 0.2) is 18.2 Å². The molecule has 1 N–H and O–H groups in total. The molecule has 0 aliphatic heterocycles. The molecule has 0 saturated heterocycles. The molecule has 0 aromatic heterocycles. The van der Waals surface area contributed by atoms with Crippen molar-refractivity contribution in [2.75, 3.05) is 7.11 Å². The number of carbonyl (C=O) groups is 1. The van der Waals surface area contributed by atoms with Gasteiger partial charge in [0.2, 0.25) is 0 Å². The molecule has 0 radical (unpaired) electrons. The van der Waals surface area contributed by atoms with Gasteiger partial charge in [0.15, 0.2) is 0 Å². The molecule has 2 atom stereocenters. The highest BCUT2D eigenvalue weighted by Crippen LogP contribution is 2.65. The van der Waals surface area contributed by atoms with Gasteiger partial charge in [-0.05, 0) is 29.5 Å². The minimum absolute atomic E-state index is 0.0514. The van der Waals surface area contributed by atoms with E-state index in [0.29, 0.717) is 0 Å². The number of aryl methyl sites for hydroxylation is 1. The normalized spacial score (nSPS) is 25.4. The average Bonchev–Trinajstić information content (AvgIpc) is 2.81. The lowest BCUT2D eigenvalue weighted by atomic mass is 10.0. The third kappa shape index (κ3) is 1.79. The van der Waals surface area contributed by atoms with Crippen molar-refractivity contribution in [1.29, 1.82) is 0 Å². The van der Waals surface area contributed by atoms with Crippen LogP contribution in [0.5, 0.6) is 5.75 Å². The number of carboxylic acid groups (broad SMARTS) is 1. The van der Waals surface area contributed by atoms with Crippen LogP contribution in [-0.2, 0) is 4.79 Å². The Bertz CT molecular complexity index is 463. The first-order valence-corrected chi connectivity index (χ1v) is 5.77. The Kier molecular flexibility index (Phi) is 2.64. The monoisotopic (exact) mass is 234 g/mol. The highest BCUT2D eigenvalue weighted by atomic mass is 16.5. The van der Waals surface area contributed by atoms with Crippen LogP contribution in [-0.4, -0.2) is 18.2 Å². The molecule has 0 bridgehead atoms. The van der Waals surface area contributed by atoms with Crippen molar-refractivity contribution in [3.8, 4) is 5.75 Å². The number of benzene rings is 1. The van der Waals surface area contributed by atoms with Crippen LogP contribution in [0.2, 0.25) is 0 Å². The fourth-order valence-corrected chi connectivity index (χ4v) is 2.75. The molecule has 1 aromatic rings. The van der Waals surface area contributed by atoms with Gasteiger partial charge in [-0.2, -0.15) is 0 Å². The second-order valence-electron chi connectivity index (χ2n) is 5.36. The first kappa shape index (κ1) is 12.0. The Labute approximate surface area is 101 Å². The molecule has 3 nitrogen and oxygen atoms in total. The summed E-state index contributed by atoms with van der Waals surface area (Å²) in [7, 11) is 1.63. The summed E-state index contributed by atoms with van der Waals surface area (Å²) < 4.78 is 5.36. The van der Waals surface area contributed by atoms with Crippen LogP contribution in [0.3, 0.4) is 0 Å². The fourth-order valence-electron chi connectivity index (χ4n) is 2.75. The van der Waals surface area contributed by atoms with Gasteiger partial charge in [0, 0.05) is 5.92 Å². The average molecular weight is 234 g/mol. The van der Waals surface area contributed by atoms with Crippen molar-refractivity contribution < 1.29 is 14.6 Å². The van der Waals surface area contributed by atoms with Gasteiger partial charge < -0.3 is 9.84 Å². The third-order valence-corrected chi connectivity index (χ3v) is 3.82. The molecule has 3 heteroatoms. The zero-order chi connectivity index (χ0) is 12.8. The zero-order valence-corrected chi connectivity index (χ0v) is 10.7. The molecule has 0 unspecified atom stereocenters. The molecule has 0 heterocycles. The number of carboxylic acids is 1. The lowest BCUT2D eigenvalue weighted by Gasteiger charge is -2.10. The number of hydrogen-bond acceptors (Lipinski definition) is 2. The van der Waals surface area contributed by atoms with Crippen molar-refractivity contribution in [3.63, 3.8) is 0 Å². The van der Waals surface area contributed by atoms with Crippen LogP contribution in [0, 0.1) is 18.3 Å². The smallest absolute Gasteiger partial charge is 0.307 e. The molecule has 0 amide bonds. The quantitative estimate of drug-likeness (QED) is 0.874. The summed E-state index contributed by atoms with van der Waals surface area (Å²) in [6.07, 6.45) is 0. The maximum Gasteiger partial charge on any atom is 0.307 e. The second-order valence-corrected chi connectivity index (χ2v) is 5.36. The summed E-state index contributed by atoms with van der Waals surface area (Å²) in [6.45, 7) is 5.99. The standard InChI is InChI=1S/C14H18O3/c1-8-5-6-9(10(7-8)17-4)11-12(13(15)16)14(11,2)3/h5-7,11-12H,1-4H3,(H,15,16)/t11-,12+/m0/s1. The van der Waals surface area contributed by atoms with Crippen molar-refractivity contribution >= 4 is 5.97 Å². The fraction of sp³-hybridized carbons (Fsp3) is 0.500. The number of hydrogen-bond donors (Lipinski definition) is 1.